The van der Waals surface area contributed by atoms with Crippen LogP contribution in [0.1, 0.15) is 30.9 Å². The van der Waals surface area contributed by atoms with Crippen LogP contribution in [-0.4, -0.2) is 32.1 Å². The summed E-state index contributed by atoms with van der Waals surface area (Å²) in [6, 6.07) is 6.03. The van der Waals surface area contributed by atoms with Gasteiger partial charge in [0, 0.05) is 6.54 Å². The highest BCUT2D eigenvalue weighted by atomic mass is 32.2. The SMILES string of the molecule is CC1(COc2cccc3c2CCNC3)CCCS1(=O)=O. The molecule has 1 unspecified atom stereocenters. The van der Waals surface area contributed by atoms with E-state index in [-0.39, 0.29) is 6.61 Å². The van der Waals surface area contributed by atoms with E-state index in [1.54, 1.807) is 0 Å². The van der Waals surface area contributed by atoms with Gasteiger partial charge in [0.25, 0.3) is 0 Å². The first-order valence-corrected chi connectivity index (χ1v) is 8.84. The maximum absolute atomic E-state index is 12.1. The van der Waals surface area contributed by atoms with Crippen LogP contribution in [0.5, 0.6) is 5.75 Å². The zero-order valence-electron chi connectivity index (χ0n) is 11.8. The number of hydrogen-bond acceptors (Lipinski definition) is 4. The molecule has 2 aliphatic rings. The molecule has 0 aromatic heterocycles. The molecule has 1 N–H and O–H groups in total. The van der Waals surface area contributed by atoms with Gasteiger partial charge in [0.2, 0.25) is 0 Å². The average molecular weight is 295 g/mol. The second-order valence-corrected chi connectivity index (χ2v) is 8.60. The Balaban J connectivity index is 1.79. The Hall–Kier alpha value is -1.07. The molecule has 0 radical (unpaired) electrons. The molecule has 0 amide bonds. The lowest BCUT2D eigenvalue weighted by molar-refractivity contribution is 0.266. The third kappa shape index (κ3) is 2.33. The summed E-state index contributed by atoms with van der Waals surface area (Å²) in [4.78, 5) is 0. The van der Waals surface area contributed by atoms with Crippen molar-refractivity contribution in [1.82, 2.24) is 5.32 Å². The molecular formula is C15H21NO3S. The Morgan fingerprint density at radius 3 is 3.00 bits per heavy atom. The van der Waals surface area contributed by atoms with Crippen LogP contribution in [0.3, 0.4) is 0 Å². The van der Waals surface area contributed by atoms with Gasteiger partial charge in [-0.25, -0.2) is 8.42 Å². The molecule has 4 nitrogen and oxygen atoms in total. The van der Waals surface area contributed by atoms with Gasteiger partial charge in [0.05, 0.1) is 5.75 Å². The van der Waals surface area contributed by atoms with Gasteiger partial charge in [-0.3, -0.25) is 0 Å². The molecule has 2 heterocycles. The molecule has 1 fully saturated rings. The van der Waals surface area contributed by atoms with Crippen molar-refractivity contribution in [1.29, 1.82) is 0 Å². The Kier molecular flexibility index (Phi) is 3.50. The second-order valence-electron chi connectivity index (χ2n) is 5.98. The van der Waals surface area contributed by atoms with Crippen LogP contribution in [-0.2, 0) is 22.8 Å². The number of hydrogen-bond donors (Lipinski definition) is 1. The molecule has 5 heteroatoms. The zero-order valence-corrected chi connectivity index (χ0v) is 12.6. The van der Waals surface area contributed by atoms with Crippen LogP contribution in [0.15, 0.2) is 18.2 Å². The van der Waals surface area contributed by atoms with Gasteiger partial charge in [-0.05, 0) is 49.9 Å². The molecule has 0 bridgehead atoms. The van der Waals surface area contributed by atoms with Crippen LogP contribution >= 0.6 is 0 Å². The van der Waals surface area contributed by atoms with Crippen molar-refractivity contribution in [3.8, 4) is 5.75 Å². The summed E-state index contributed by atoms with van der Waals surface area (Å²) in [5, 5.41) is 3.33. The molecule has 2 aliphatic heterocycles. The van der Waals surface area contributed by atoms with Gasteiger partial charge in [-0.15, -0.1) is 0 Å². The lowest BCUT2D eigenvalue weighted by atomic mass is 10.00. The second kappa shape index (κ2) is 5.04. The summed E-state index contributed by atoms with van der Waals surface area (Å²) >= 11 is 0. The Bertz CT molecular complexity index is 612. The number of fused-ring (bicyclic) bond motifs is 1. The standard InChI is InChI=1S/C15H21NO3S/c1-15(7-3-9-20(15,17)18)11-19-14-5-2-4-12-10-16-8-6-13(12)14/h2,4-5,16H,3,6-11H2,1H3. The van der Waals surface area contributed by atoms with E-state index in [1.807, 2.05) is 19.1 Å². The molecule has 1 aromatic carbocycles. The fourth-order valence-electron chi connectivity index (χ4n) is 3.06. The van der Waals surface area contributed by atoms with Crippen molar-refractivity contribution in [3.63, 3.8) is 0 Å². The summed E-state index contributed by atoms with van der Waals surface area (Å²) < 4.78 is 29.4. The van der Waals surface area contributed by atoms with Gasteiger partial charge in [0.15, 0.2) is 9.84 Å². The monoisotopic (exact) mass is 295 g/mol. The Morgan fingerprint density at radius 1 is 1.40 bits per heavy atom. The third-order valence-electron chi connectivity index (χ3n) is 4.50. The van der Waals surface area contributed by atoms with E-state index in [4.69, 9.17) is 4.74 Å². The van der Waals surface area contributed by atoms with Gasteiger partial charge in [-0.1, -0.05) is 12.1 Å². The van der Waals surface area contributed by atoms with Gasteiger partial charge < -0.3 is 10.1 Å². The molecule has 1 aromatic rings. The fourth-order valence-corrected chi connectivity index (χ4v) is 4.77. The van der Waals surface area contributed by atoms with Crippen LogP contribution in [0, 0.1) is 0 Å². The lowest BCUT2D eigenvalue weighted by Gasteiger charge is -2.25. The molecule has 1 atom stereocenters. The van der Waals surface area contributed by atoms with E-state index < -0.39 is 14.6 Å². The van der Waals surface area contributed by atoms with Crippen LogP contribution in [0.4, 0.5) is 0 Å². The minimum atomic E-state index is -3.02. The van der Waals surface area contributed by atoms with E-state index in [0.29, 0.717) is 12.2 Å². The normalized spacial score (nSPS) is 28.1. The first-order valence-electron chi connectivity index (χ1n) is 7.18. The van der Waals surface area contributed by atoms with E-state index in [2.05, 4.69) is 11.4 Å². The van der Waals surface area contributed by atoms with Crippen LogP contribution < -0.4 is 10.1 Å². The van der Waals surface area contributed by atoms with E-state index in [9.17, 15) is 8.42 Å². The van der Waals surface area contributed by atoms with Crippen molar-refractivity contribution >= 4 is 9.84 Å². The highest BCUT2D eigenvalue weighted by molar-refractivity contribution is 7.93. The number of benzene rings is 1. The van der Waals surface area contributed by atoms with Gasteiger partial charge in [0.1, 0.15) is 17.1 Å². The van der Waals surface area contributed by atoms with Crippen molar-refractivity contribution in [2.24, 2.45) is 0 Å². The molecule has 3 rings (SSSR count). The number of nitrogens with one attached hydrogen (secondary N) is 1. The quantitative estimate of drug-likeness (QED) is 0.922. The molecule has 20 heavy (non-hydrogen) atoms. The van der Waals surface area contributed by atoms with E-state index in [1.165, 1.54) is 11.1 Å². The lowest BCUT2D eigenvalue weighted by Crippen LogP contribution is -2.37. The van der Waals surface area contributed by atoms with Gasteiger partial charge in [-0.2, -0.15) is 0 Å². The van der Waals surface area contributed by atoms with Crippen LogP contribution in [0.2, 0.25) is 0 Å². The number of rotatable bonds is 3. The predicted molar refractivity (Wildman–Crippen MR) is 78.8 cm³/mol. The molecule has 110 valence electrons. The van der Waals surface area contributed by atoms with Crippen molar-refractivity contribution in [2.75, 3.05) is 18.9 Å². The Labute approximate surface area is 120 Å². The van der Waals surface area contributed by atoms with Crippen molar-refractivity contribution in [3.05, 3.63) is 29.3 Å². The maximum Gasteiger partial charge on any atom is 0.159 e. The smallest absolute Gasteiger partial charge is 0.159 e. The summed E-state index contributed by atoms with van der Waals surface area (Å²) in [5.74, 6) is 1.15. The summed E-state index contributed by atoms with van der Waals surface area (Å²) in [6.07, 6.45) is 2.39. The predicted octanol–water partition coefficient (Wildman–Crippen LogP) is 1.68. The third-order valence-corrected chi connectivity index (χ3v) is 7.15. The minimum Gasteiger partial charge on any atom is -0.492 e. The van der Waals surface area contributed by atoms with Crippen molar-refractivity contribution in [2.45, 2.75) is 37.5 Å². The molecule has 0 aliphatic carbocycles. The first-order chi connectivity index (χ1) is 9.52. The maximum atomic E-state index is 12.1. The molecule has 0 saturated carbocycles. The molecule has 1 saturated heterocycles. The van der Waals surface area contributed by atoms with Gasteiger partial charge >= 0.3 is 0 Å². The van der Waals surface area contributed by atoms with Crippen LogP contribution in [0.25, 0.3) is 0 Å². The number of sulfone groups is 1. The highest BCUT2D eigenvalue weighted by Crippen LogP contribution is 2.33. The van der Waals surface area contributed by atoms with E-state index in [0.717, 1.165) is 31.7 Å². The fraction of sp³-hybridized carbons (Fsp3) is 0.600. The molecule has 0 spiro atoms. The average Bonchev–Trinajstić information content (AvgIpc) is 2.71. The molecular weight excluding hydrogens is 274 g/mol. The van der Waals surface area contributed by atoms with E-state index >= 15 is 0 Å². The summed E-state index contributed by atoms with van der Waals surface area (Å²) in [5.41, 5.74) is 2.48. The summed E-state index contributed by atoms with van der Waals surface area (Å²) in [7, 11) is -3.02. The Morgan fingerprint density at radius 2 is 2.25 bits per heavy atom. The largest absolute Gasteiger partial charge is 0.492 e. The van der Waals surface area contributed by atoms with Crippen molar-refractivity contribution < 1.29 is 13.2 Å². The first kappa shape index (κ1) is 13.9. The summed E-state index contributed by atoms with van der Waals surface area (Å²) in [6.45, 7) is 3.89. The topological polar surface area (TPSA) is 55.4 Å². The zero-order chi connectivity index (χ0) is 14.2. The number of ether oxygens (including phenoxy) is 1. The highest BCUT2D eigenvalue weighted by Gasteiger charge is 2.44. The minimum absolute atomic E-state index is 0.263.